The molecule has 0 aliphatic rings. The van der Waals surface area contributed by atoms with Gasteiger partial charge in [-0.05, 0) is 62.9 Å². The number of hydrogen-bond acceptors (Lipinski definition) is 5. The van der Waals surface area contributed by atoms with Gasteiger partial charge in [0.05, 0.1) is 0 Å². The number of ether oxygens (including phenoxy) is 1. The third kappa shape index (κ3) is 8.59. The van der Waals surface area contributed by atoms with Gasteiger partial charge >= 0.3 is 6.09 Å². The molecule has 0 spiro atoms. The van der Waals surface area contributed by atoms with Crippen molar-refractivity contribution in [3.63, 3.8) is 0 Å². The van der Waals surface area contributed by atoms with Gasteiger partial charge in [-0.25, -0.2) is 4.79 Å². The van der Waals surface area contributed by atoms with Crippen LogP contribution in [0.2, 0.25) is 0 Å². The van der Waals surface area contributed by atoms with Crippen molar-refractivity contribution in [2.75, 3.05) is 13.6 Å². The monoisotopic (exact) mass is 497 g/mol. The van der Waals surface area contributed by atoms with Crippen LogP contribution in [-0.4, -0.2) is 53.1 Å². The van der Waals surface area contributed by atoms with Gasteiger partial charge in [0.1, 0.15) is 23.4 Å². The highest BCUT2D eigenvalue weighted by Crippen LogP contribution is 2.26. The molecular formula is C28H39N3O5. The molecule has 2 rings (SSSR count). The molecule has 3 amide bonds. The summed E-state index contributed by atoms with van der Waals surface area (Å²) < 4.78 is 5.39. The lowest BCUT2D eigenvalue weighted by atomic mass is 9.99. The number of rotatable bonds is 10. The molecule has 2 aromatic rings. The number of nitrogens with one attached hydrogen (secondary N) is 2. The number of carbonyl (C=O) groups excluding carboxylic acids is 3. The number of likely N-dealkylation sites (N-methyl/N-ethyl adjacent to an activating group) is 1. The third-order valence-electron chi connectivity index (χ3n) is 5.62. The number of hydrogen-bond donors (Lipinski definition) is 3. The van der Waals surface area contributed by atoms with Crippen LogP contribution in [0.15, 0.2) is 48.5 Å². The number of aryl methyl sites for hydroxylation is 1. The Labute approximate surface area is 214 Å². The van der Waals surface area contributed by atoms with Crippen LogP contribution in [-0.2, 0) is 20.7 Å². The minimum atomic E-state index is -0.962. The first kappa shape index (κ1) is 28.7. The summed E-state index contributed by atoms with van der Waals surface area (Å²) in [5.41, 5.74) is 1.27. The number of nitrogens with zero attached hydrogens (tertiary/aromatic N) is 1. The molecule has 196 valence electrons. The first-order valence-corrected chi connectivity index (χ1v) is 12.3. The first-order valence-electron chi connectivity index (χ1n) is 12.3. The van der Waals surface area contributed by atoms with E-state index >= 15 is 0 Å². The highest BCUT2D eigenvalue weighted by molar-refractivity contribution is 5.92. The van der Waals surface area contributed by atoms with E-state index in [-0.39, 0.29) is 18.1 Å². The van der Waals surface area contributed by atoms with Crippen molar-refractivity contribution < 1.29 is 24.2 Å². The summed E-state index contributed by atoms with van der Waals surface area (Å²) in [6.45, 7) is 9.48. The predicted molar refractivity (Wildman–Crippen MR) is 140 cm³/mol. The summed E-state index contributed by atoms with van der Waals surface area (Å²) in [4.78, 5) is 41.0. The van der Waals surface area contributed by atoms with Crippen LogP contribution in [0.4, 0.5) is 4.79 Å². The lowest BCUT2D eigenvalue weighted by Gasteiger charge is -2.32. The van der Waals surface area contributed by atoms with Crippen LogP contribution >= 0.6 is 0 Å². The van der Waals surface area contributed by atoms with Crippen molar-refractivity contribution in [2.24, 2.45) is 0 Å². The van der Waals surface area contributed by atoms with Crippen molar-refractivity contribution in [1.82, 2.24) is 15.5 Å². The van der Waals surface area contributed by atoms with E-state index in [4.69, 9.17) is 4.74 Å². The smallest absolute Gasteiger partial charge is 0.408 e. The highest BCUT2D eigenvalue weighted by Gasteiger charge is 2.34. The van der Waals surface area contributed by atoms with E-state index in [2.05, 4.69) is 10.6 Å². The van der Waals surface area contributed by atoms with E-state index in [1.807, 2.05) is 37.3 Å². The van der Waals surface area contributed by atoms with E-state index in [0.717, 1.165) is 18.4 Å². The zero-order chi connectivity index (χ0) is 26.9. The fourth-order valence-corrected chi connectivity index (χ4v) is 3.76. The molecule has 0 saturated carbocycles. The fraction of sp³-hybridized carbons (Fsp3) is 0.464. The quantitative estimate of drug-likeness (QED) is 0.425. The maximum absolute atomic E-state index is 13.8. The molecule has 0 aliphatic carbocycles. The largest absolute Gasteiger partial charge is 0.508 e. The van der Waals surface area contributed by atoms with E-state index in [9.17, 15) is 19.5 Å². The second-order valence-corrected chi connectivity index (χ2v) is 9.93. The van der Waals surface area contributed by atoms with Crippen LogP contribution in [0, 0.1) is 6.92 Å². The van der Waals surface area contributed by atoms with Gasteiger partial charge in [-0.1, -0.05) is 49.7 Å². The van der Waals surface area contributed by atoms with Crippen molar-refractivity contribution in [2.45, 2.75) is 71.6 Å². The summed E-state index contributed by atoms with van der Waals surface area (Å²) in [6.07, 6.45) is 1.23. The summed E-state index contributed by atoms with van der Waals surface area (Å²) in [5.74, 6) is -0.669. The zero-order valence-electron chi connectivity index (χ0n) is 22.1. The van der Waals surface area contributed by atoms with E-state index in [1.54, 1.807) is 46.9 Å². The third-order valence-corrected chi connectivity index (χ3v) is 5.62. The molecule has 2 unspecified atom stereocenters. The Hall–Kier alpha value is -3.55. The number of benzene rings is 2. The molecule has 0 aromatic heterocycles. The van der Waals surface area contributed by atoms with Crippen LogP contribution in [0.25, 0.3) is 0 Å². The first-order chi connectivity index (χ1) is 16.9. The average Bonchev–Trinajstić information content (AvgIpc) is 2.80. The Kier molecular flexibility index (Phi) is 10.3. The Morgan fingerprint density at radius 1 is 1.08 bits per heavy atom. The Balaban J connectivity index is 2.39. The number of amides is 3. The second kappa shape index (κ2) is 13.0. The molecule has 0 saturated heterocycles. The van der Waals surface area contributed by atoms with E-state index < -0.39 is 29.7 Å². The minimum Gasteiger partial charge on any atom is -0.508 e. The Morgan fingerprint density at radius 3 is 2.33 bits per heavy atom. The molecule has 8 heteroatoms. The van der Waals surface area contributed by atoms with Crippen molar-refractivity contribution >= 4 is 17.9 Å². The summed E-state index contributed by atoms with van der Waals surface area (Å²) in [6, 6.07) is 12.2. The Bertz CT molecular complexity index is 1030. The molecule has 8 nitrogen and oxygen atoms in total. The number of aromatic hydroxyl groups is 1. The topological polar surface area (TPSA) is 108 Å². The van der Waals surface area contributed by atoms with Gasteiger partial charge in [-0.2, -0.15) is 0 Å². The molecular weight excluding hydrogens is 458 g/mol. The molecule has 36 heavy (non-hydrogen) atoms. The average molecular weight is 498 g/mol. The zero-order valence-corrected chi connectivity index (χ0v) is 22.1. The molecule has 3 N–H and O–H groups in total. The van der Waals surface area contributed by atoms with Crippen LogP contribution in [0.3, 0.4) is 0 Å². The number of phenolic OH excluding ortho intramolecular Hbond substituents is 1. The summed E-state index contributed by atoms with van der Waals surface area (Å²) >= 11 is 0. The maximum Gasteiger partial charge on any atom is 0.408 e. The number of phenols is 1. The van der Waals surface area contributed by atoms with Crippen LogP contribution < -0.4 is 10.6 Å². The molecule has 2 aromatic carbocycles. The summed E-state index contributed by atoms with van der Waals surface area (Å²) in [7, 11) is 1.54. The van der Waals surface area contributed by atoms with E-state index in [0.29, 0.717) is 17.7 Å². The maximum atomic E-state index is 13.8. The Morgan fingerprint density at radius 2 is 1.75 bits per heavy atom. The molecule has 0 heterocycles. The van der Waals surface area contributed by atoms with Crippen LogP contribution in [0.1, 0.15) is 63.3 Å². The predicted octanol–water partition coefficient (Wildman–Crippen LogP) is 4.25. The molecule has 0 bridgehead atoms. The fourth-order valence-electron chi connectivity index (χ4n) is 3.76. The minimum absolute atomic E-state index is 0.103. The van der Waals surface area contributed by atoms with Gasteiger partial charge in [-0.15, -0.1) is 0 Å². The van der Waals surface area contributed by atoms with Crippen molar-refractivity contribution in [3.05, 3.63) is 65.2 Å². The normalized spacial score (nSPS) is 12.8. The van der Waals surface area contributed by atoms with Gasteiger partial charge in [-0.3, -0.25) is 9.59 Å². The lowest BCUT2D eigenvalue weighted by molar-refractivity contribution is -0.140. The molecule has 2 atom stereocenters. The lowest BCUT2D eigenvalue weighted by Crippen LogP contribution is -2.52. The van der Waals surface area contributed by atoms with Gasteiger partial charge in [0.15, 0.2) is 0 Å². The van der Waals surface area contributed by atoms with Gasteiger partial charge in [0.25, 0.3) is 0 Å². The number of alkyl carbamates (subject to hydrolysis) is 1. The van der Waals surface area contributed by atoms with E-state index in [1.165, 1.54) is 11.0 Å². The van der Waals surface area contributed by atoms with Gasteiger partial charge in [0, 0.05) is 20.0 Å². The standard InChI is InChI=1S/C28H39N3O5/c1-7-8-16-29-25(33)24(21-14-15-23(32)19(2)17-21)31(6)26(34)22(18-20-12-10-9-11-13-20)30-27(35)36-28(3,4)5/h9-15,17,22,24,32H,7-8,16,18H2,1-6H3,(H,29,33)(H,30,35). The SMILES string of the molecule is CCCCNC(=O)C(c1ccc(O)c(C)c1)N(C)C(=O)C(Cc1ccccc1)NC(=O)OC(C)(C)C. The molecule has 0 fully saturated rings. The summed E-state index contributed by atoms with van der Waals surface area (Å²) in [5, 5.41) is 15.6. The number of carbonyl (C=O) groups is 3. The number of unbranched alkanes of at least 4 members (excludes halogenated alkanes) is 1. The van der Waals surface area contributed by atoms with Crippen molar-refractivity contribution in [3.8, 4) is 5.75 Å². The van der Waals surface area contributed by atoms with Gasteiger partial charge in [0.2, 0.25) is 11.8 Å². The van der Waals surface area contributed by atoms with Gasteiger partial charge < -0.3 is 25.4 Å². The van der Waals surface area contributed by atoms with Crippen molar-refractivity contribution in [1.29, 1.82) is 0 Å². The highest BCUT2D eigenvalue weighted by atomic mass is 16.6. The second-order valence-electron chi connectivity index (χ2n) is 9.93. The molecule has 0 radical (unpaired) electrons. The molecule has 0 aliphatic heterocycles. The van der Waals surface area contributed by atoms with Crippen LogP contribution in [0.5, 0.6) is 5.75 Å².